The molecule has 0 bridgehead atoms. The van der Waals surface area contributed by atoms with Crippen molar-refractivity contribution in [3.8, 4) is 11.5 Å². The van der Waals surface area contributed by atoms with Crippen LogP contribution in [0.15, 0.2) is 65.1 Å². The summed E-state index contributed by atoms with van der Waals surface area (Å²) in [6.45, 7) is 3.89. The highest BCUT2D eigenvalue weighted by Crippen LogP contribution is 2.36. The highest BCUT2D eigenvalue weighted by molar-refractivity contribution is 9.10. The number of para-hydroxylation sites is 1. The molecule has 1 amide bonds. The fraction of sp³-hybridized carbons (Fsp3) is 0.290. The van der Waals surface area contributed by atoms with Gasteiger partial charge in [0.05, 0.1) is 38.4 Å². The molecule has 0 radical (unpaired) electrons. The fourth-order valence-corrected chi connectivity index (χ4v) is 5.19. The summed E-state index contributed by atoms with van der Waals surface area (Å²) in [6, 6.07) is 16.8. The summed E-state index contributed by atoms with van der Waals surface area (Å²) in [6.07, 6.45) is 6.63. The molecule has 9 heteroatoms. The molecule has 1 heterocycles. The van der Waals surface area contributed by atoms with Gasteiger partial charge in [-0.2, -0.15) is 0 Å². The van der Waals surface area contributed by atoms with Crippen LogP contribution in [0.5, 0.6) is 11.5 Å². The second kappa shape index (κ2) is 13.4. The Bertz CT molecular complexity index is 1380. The Morgan fingerprint density at radius 1 is 0.975 bits per heavy atom. The fourth-order valence-electron chi connectivity index (χ4n) is 4.71. The SMILES string of the molecule is COC(=O)c1cc(Br)c(C=CC(=O)N(Nc2ccc(OC)cc2)c2c(C)cccc2N2CCCCC2)cc1OC. The van der Waals surface area contributed by atoms with Gasteiger partial charge in [-0.05, 0) is 85.9 Å². The number of amides is 1. The minimum absolute atomic E-state index is 0.272. The van der Waals surface area contributed by atoms with Crippen molar-refractivity contribution in [1.82, 2.24) is 0 Å². The topological polar surface area (TPSA) is 80.3 Å². The third kappa shape index (κ3) is 6.59. The van der Waals surface area contributed by atoms with Crippen molar-refractivity contribution in [2.75, 3.05) is 49.8 Å². The summed E-state index contributed by atoms with van der Waals surface area (Å²) in [7, 11) is 4.41. The molecule has 4 rings (SSSR count). The van der Waals surface area contributed by atoms with E-state index in [4.69, 9.17) is 14.2 Å². The molecule has 0 aromatic heterocycles. The van der Waals surface area contributed by atoms with Crippen molar-refractivity contribution in [3.05, 3.63) is 81.8 Å². The number of rotatable bonds is 9. The van der Waals surface area contributed by atoms with Gasteiger partial charge in [-0.25, -0.2) is 9.80 Å². The van der Waals surface area contributed by atoms with E-state index in [1.807, 2.05) is 43.3 Å². The van der Waals surface area contributed by atoms with E-state index in [-0.39, 0.29) is 11.5 Å². The number of methoxy groups -OCH3 is 3. The smallest absolute Gasteiger partial charge is 0.341 e. The molecule has 0 atom stereocenters. The molecule has 210 valence electrons. The zero-order valence-electron chi connectivity index (χ0n) is 23.2. The molecule has 0 saturated carbocycles. The number of hydrazine groups is 1. The summed E-state index contributed by atoms with van der Waals surface area (Å²) in [5.74, 6) is 0.291. The third-order valence-electron chi connectivity index (χ3n) is 6.82. The van der Waals surface area contributed by atoms with Gasteiger partial charge in [0.2, 0.25) is 0 Å². The van der Waals surface area contributed by atoms with E-state index < -0.39 is 5.97 Å². The summed E-state index contributed by atoms with van der Waals surface area (Å²) >= 11 is 3.51. The van der Waals surface area contributed by atoms with Crippen LogP contribution in [0.4, 0.5) is 17.1 Å². The maximum atomic E-state index is 13.9. The Hall–Kier alpha value is -3.98. The number of hydrogen-bond acceptors (Lipinski definition) is 7. The van der Waals surface area contributed by atoms with E-state index in [1.165, 1.54) is 26.7 Å². The number of ether oxygens (including phenoxy) is 3. The lowest BCUT2D eigenvalue weighted by Crippen LogP contribution is -2.38. The molecule has 1 aliphatic rings. The standard InChI is InChI=1S/C31H34BrN3O5/c1-21-9-8-10-27(34-17-6-5-7-18-34)30(21)35(33-23-12-14-24(38-2)15-13-23)29(36)16-11-22-19-28(39-3)25(20-26(22)32)31(37)40-4/h8-16,19-20,33H,5-7,17-18H2,1-4H3. The number of anilines is 3. The van der Waals surface area contributed by atoms with E-state index in [0.717, 1.165) is 54.3 Å². The van der Waals surface area contributed by atoms with E-state index in [0.29, 0.717) is 15.8 Å². The van der Waals surface area contributed by atoms with Crippen LogP contribution in [0, 0.1) is 6.92 Å². The lowest BCUT2D eigenvalue weighted by molar-refractivity contribution is -0.113. The lowest BCUT2D eigenvalue weighted by atomic mass is 10.1. The second-order valence-electron chi connectivity index (χ2n) is 9.40. The van der Waals surface area contributed by atoms with Crippen molar-refractivity contribution < 1.29 is 23.8 Å². The number of carbonyl (C=O) groups is 2. The van der Waals surface area contributed by atoms with Crippen LogP contribution in [0.2, 0.25) is 0 Å². The zero-order valence-corrected chi connectivity index (χ0v) is 24.8. The maximum Gasteiger partial charge on any atom is 0.341 e. The molecule has 40 heavy (non-hydrogen) atoms. The minimum Gasteiger partial charge on any atom is -0.497 e. The quantitative estimate of drug-likeness (QED) is 0.166. The zero-order chi connectivity index (χ0) is 28.6. The van der Waals surface area contributed by atoms with Gasteiger partial charge in [-0.1, -0.05) is 28.1 Å². The number of piperidine rings is 1. The highest BCUT2D eigenvalue weighted by atomic mass is 79.9. The van der Waals surface area contributed by atoms with Crippen molar-refractivity contribution in [1.29, 1.82) is 0 Å². The normalized spacial score (nSPS) is 13.2. The van der Waals surface area contributed by atoms with Gasteiger partial charge in [0, 0.05) is 23.6 Å². The molecule has 1 fully saturated rings. The predicted molar refractivity (Wildman–Crippen MR) is 162 cm³/mol. The molecule has 0 aliphatic carbocycles. The van der Waals surface area contributed by atoms with Crippen LogP contribution in [-0.2, 0) is 9.53 Å². The van der Waals surface area contributed by atoms with Crippen molar-refractivity contribution in [3.63, 3.8) is 0 Å². The van der Waals surface area contributed by atoms with Crippen LogP contribution in [0.25, 0.3) is 6.08 Å². The monoisotopic (exact) mass is 607 g/mol. The number of nitrogens with one attached hydrogen (secondary N) is 1. The number of carbonyl (C=O) groups excluding carboxylic acids is 2. The highest BCUT2D eigenvalue weighted by Gasteiger charge is 2.24. The van der Waals surface area contributed by atoms with Gasteiger partial charge in [0.1, 0.15) is 17.1 Å². The van der Waals surface area contributed by atoms with Gasteiger partial charge in [-0.3, -0.25) is 10.2 Å². The molecular weight excluding hydrogens is 574 g/mol. The molecule has 1 saturated heterocycles. The van der Waals surface area contributed by atoms with Crippen molar-refractivity contribution >= 4 is 50.9 Å². The molecule has 3 aromatic rings. The van der Waals surface area contributed by atoms with Crippen LogP contribution < -0.4 is 24.8 Å². The Balaban J connectivity index is 1.74. The van der Waals surface area contributed by atoms with Crippen LogP contribution in [-0.4, -0.2) is 46.3 Å². The molecule has 1 N–H and O–H groups in total. The van der Waals surface area contributed by atoms with Crippen molar-refractivity contribution in [2.24, 2.45) is 0 Å². The van der Waals surface area contributed by atoms with Gasteiger partial charge >= 0.3 is 5.97 Å². The van der Waals surface area contributed by atoms with Crippen molar-refractivity contribution in [2.45, 2.75) is 26.2 Å². The minimum atomic E-state index is -0.510. The Labute approximate surface area is 243 Å². The van der Waals surface area contributed by atoms with Crippen LogP contribution in [0.3, 0.4) is 0 Å². The van der Waals surface area contributed by atoms with E-state index in [9.17, 15) is 9.59 Å². The molecule has 1 aliphatic heterocycles. The maximum absolute atomic E-state index is 13.9. The first kappa shape index (κ1) is 29.0. The summed E-state index contributed by atoms with van der Waals surface area (Å²) in [5, 5.41) is 1.59. The molecule has 8 nitrogen and oxygen atoms in total. The average Bonchev–Trinajstić information content (AvgIpc) is 2.99. The van der Waals surface area contributed by atoms with E-state index in [2.05, 4.69) is 32.3 Å². The number of aryl methyl sites for hydroxylation is 1. The largest absolute Gasteiger partial charge is 0.497 e. The first-order valence-electron chi connectivity index (χ1n) is 13.1. The molecule has 0 spiro atoms. The van der Waals surface area contributed by atoms with E-state index in [1.54, 1.807) is 30.3 Å². The predicted octanol–water partition coefficient (Wildman–Crippen LogP) is 6.63. The number of halogens is 1. The third-order valence-corrected chi connectivity index (χ3v) is 7.50. The van der Waals surface area contributed by atoms with Gasteiger partial charge in [0.15, 0.2) is 0 Å². The number of benzene rings is 3. The Morgan fingerprint density at radius 3 is 2.35 bits per heavy atom. The molecular formula is C31H34BrN3O5. The first-order chi connectivity index (χ1) is 19.4. The Morgan fingerprint density at radius 2 is 1.70 bits per heavy atom. The molecule has 3 aromatic carbocycles. The second-order valence-corrected chi connectivity index (χ2v) is 10.3. The summed E-state index contributed by atoms with van der Waals surface area (Å²) in [5.41, 5.74) is 7.79. The number of esters is 1. The average molecular weight is 609 g/mol. The van der Waals surface area contributed by atoms with E-state index >= 15 is 0 Å². The lowest BCUT2D eigenvalue weighted by Gasteiger charge is -2.34. The summed E-state index contributed by atoms with van der Waals surface area (Å²) in [4.78, 5) is 28.4. The van der Waals surface area contributed by atoms with Gasteiger partial charge in [-0.15, -0.1) is 0 Å². The Kier molecular flexibility index (Phi) is 9.71. The molecule has 0 unspecified atom stereocenters. The number of hydrogen-bond donors (Lipinski definition) is 1. The van der Waals surface area contributed by atoms with Crippen LogP contribution >= 0.6 is 15.9 Å². The van der Waals surface area contributed by atoms with Gasteiger partial charge in [0.25, 0.3) is 5.91 Å². The summed E-state index contributed by atoms with van der Waals surface area (Å²) < 4.78 is 16.2. The first-order valence-corrected chi connectivity index (χ1v) is 13.9. The van der Waals surface area contributed by atoms with Gasteiger partial charge < -0.3 is 19.1 Å². The van der Waals surface area contributed by atoms with Crippen LogP contribution in [0.1, 0.15) is 40.7 Å². The number of nitrogens with zero attached hydrogens (tertiary/aromatic N) is 2.